The Morgan fingerprint density at radius 1 is 0.417 bits per heavy atom. The van der Waals surface area contributed by atoms with Gasteiger partial charge in [0.1, 0.15) is 6.07 Å². The summed E-state index contributed by atoms with van der Waals surface area (Å²) in [5.41, 5.74) is 11.4. The number of aromatic nitrogens is 2. The first-order valence-corrected chi connectivity index (χ1v) is 15.9. The molecule has 7 aromatic carbocycles. The highest BCUT2D eigenvalue weighted by Crippen LogP contribution is 2.41. The zero-order chi connectivity index (χ0) is 32.2. The number of fused-ring (bicyclic) bond motifs is 6. The summed E-state index contributed by atoms with van der Waals surface area (Å²) >= 11 is 0. The van der Waals surface area contributed by atoms with E-state index in [0.717, 1.165) is 66.5 Å². The van der Waals surface area contributed by atoms with E-state index in [0.29, 0.717) is 11.1 Å². The van der Waals surface area contributed by atoms with Gasteiger partial charge in [-0.05, 0) is 71.3 Å². The quantitative estimate of drug-likeness (QED) is 0.199. The van der Waals surface area contributed by atoms with Gasteiger partial charge in [0.25, 0.3) is 0 Å². The number of hydrogen-bond acceptors (Lipinski definition) is 2. The third kappa shape index (κ3) is 4.07. The number of nitriles is 2. The first-order valence-electron chi connectivity index (χ1n) is 15.9. The van der Waals surface area contributed by atoms with Gasteiger partial charge < -0.3 is 9.13 Å². The number of nitrogens with zero attached hydrogens (tertiary/aromatic N) is 4. The van der Waals surface area contributed by atoms with E-state index in [-0.39, 0.29) is 0 Å². The molecule has 4 heteroatoms. The minimum atomic E-state index is 0.573. The van der Waals surface area contributed by atoms with Crippen LogP contribution in [-0.4, -0.2) is 9.13 Å². The Balaban J connectivity index is 1.30. The van der Waals surface area contributed by atoms with Crippen molar-refractivity contribution in [3.05, 3.63) is 169 Å². The molecule has 222 valence electrons. The lowest BCUT2D eigenvalue weighted by Gasteiger charge is -2.18. The molecule has 0 radical (unpaired) electrons. The van der Waals surface area contributed by atoms with Gasteiger partial charge in [-0.1, -0.05) is 103 Å². The van der Waals surface area contributed by atoms with Crippen molar-refractivity contribution in [2.45, 2.75) is 0 Å². The van der Waals surface area contributed by atoms with Gasteiger partial charge in [-0.25, -0.2) is 0 Å². The molecule has 0 atom stereocenters. The molecule has 0 aliphatic heterocycles. The molecule has 0 aliphatic carbocycles. The minimum Gasteiger partial charge on any atom is -0.309 e. The Kier molecular flexibility index (Phi) is 6.22. The van der Waals surface area contributed by atoms with Gasteiger partial charge in [0, 0.05) is 32.8 Å². The van der Waals surface area contributed by atoms with Crippen LogP contribution in [0.15, 0.2) is 158 Å². The van der Waals surface area contributed by atoms with Gasteiger partial charge in [-0.3, -0.25) is 0 Å². The van der Waals surface area contributed by atoms with Gasteiger partial charge in [0.15, 0.2) is 0 Å². The molecular formula is C44H26N4. The van der Waals surface area contributed by atoms with Crippen LogP contribution in [0, 0.1) is 22.7 Å². The molecule has 2 aromatic heterocycles. The molecule has 9 aromatic rings. The molecule has 0 bridgehead atoms. The van der Waals surface area contributed by atoms with Crippen molar-refractivity contribution in [3.63, 3.8) is 0 Å². The third-order valence-electron chi connectivity index (χ3n) is 9.39. The lowest BCUT2D eigenvalue weighted by atomic mass is 9.92. The fourth-order valence-corrected chi connectivity index (χ4v) is 7.36. The maximum absolute atomic E-state index is 10.2. The zero-order valence-corrected chi connectivity index (χ0v) is 25.8. The van der Waals surface area contributed by atoms with Crippen molar-refractivity contribution in [1.29, 1.82) is 10.5 Å². The molecule has 0 fully saturated rings. The van der Waals surface area contributed by atoms with Crippen molar-refractivity contribution in [3.8, 4) is 45.8 Å². The lowest BCUT2D eigenvalue weighted by Crippen LogP contribution is -2.00. The van der Waals surface area contributed by atoms with Gasteiger partial charge >= 0.3 is 0 Å². The van der Waals surface area contributed by atoms with Gasteiger partial charge in [-0.15, -0.1) is 0 Å². The lowest BCUT2D eigenvalue weighted by molar-refractivity contribution is 1.17. The van der Waals surface area contributed by atoms with E-state index in [1.807, 2.05) is 48.5 Å². The topological polar surface area (TPSA) is 57.4 Å². The van der Waals surface area contributed by atoms with E-state index in [4.69, 9.17) is 0 Å². The van der Waals surface area contributed by atoms with Crippen LogP contribution in [0.1, 0.15) is 11.1 Å². The summed E-state index contributed by atoms with van der Waals surface area (Å²) < 4.78 is 4.52. The van der Waals surface area contributed by atoms with E-state index < -0.39 is 0 Å². The van der Waals surface area contributed by atoms with Crippen LogP contribution in [0.4, 0.5) is 0 Å². The van der Waals surface area contributed by atoms with Crippen molar-refractivity contribution >= 4 is 43.6 Å². The summed E-state index contributed by atoms with van der Waals surface area (Å²) in [5, 5.41) is 24.8. The second kappa shape index (κ2) is 10.9. The maximum Gasteiger partial charge on any atom is 0.101 e. The number of rotatable bonds is 4. The van der Waals surface area contributed by atoms with Crippen LogP contribution in [0.3, 0.4) is 0 Å². The Morgan fingerprint density at radius 2 is 1.00 bits per heavy atom. The highest BCUT2D eigenvalue weighted by molar-refractivity contribution is 6.12. The van der Waals surface area contributed by atoms with E-state index in [1.165, 1.54) is 10.8 Å². The molecule has 0 amide bonds. The normalized spacial score (nSPS) is 11.3. The monoisotopic (exact) mass is 610 g/mol. The fraction of sp³-hybridized carbons (Fsp3) is 0. The van der Waals surface area contributed by atoms with Crippen LogP contribution < -0.4 is 0 Å². The van der Waals surface area contributed by atoms with Crippen LogP contribution in [0.25, 0.3) is 77.2 Å². The standard InChI is InChI=1S/C44H26N4/c45-27-29-23-24-43(48-42-22-8-5-18-37(42)38-19-10-12-31(28-46)44(38)48)39(25-29)34-15-2-1-14-33(34)30-11-9-13-32(26-30)47-40-20-6-3-16-35(40)36-17-4-7-21-41(36)47/h1-26H. The molecule has 2 heterocycles. The molecule has 9 rings (SSSR count). The zero-order valence-electron chi connectivity index (χ0n) is 25.8. The first-order chi connectivity index (χ1) is 23.7. The predicted octanol–water partition coefficient (Wildman–Crippen LogP) is 11.0. The molecule has 0 spiro atoms. The van der Waals surface area contributed by atoms with Crippen LogP contribution in [0.2, 0.25) is 0 Å². The summed E-state index contributed by atoms with van der Waals surface area (Å²) in [4.78, 5) is 0. The number of hydrogen-bond donors (Lipinski definition) is 0. The molecule has 0 N–H and O–H groups in total. The summed E-state index contributed by atoms with van der Waals surface area (Å²) in [6.07, 6.45) is 0. The second-order valence-corrected chi connectivity index (χ2v) is 12.0. The van der Waals surface area contributed by atoms with Crippen molar-refractivity contribution in [2.75, 3.05) is 0 Å². The summed E-state index contributed by atoms with van der Waals surface area (Å²) in [6.45, 7) is 0. The van der Waals surface area contributed by atoms with Gasteiger partial charge in [0.2, 0.25) is 0 Å². The third-order valence-corrected chi connectivity index (χ3v) is 9.39. The number of benzene rings is 7. The Morgan fingerprint density at radius 3 is 1.69 bits per heavy atom. The molecular weight excluding hydrogens is 585 g/mol. The molecule has 48 heavy (non-hydrogen) atoms. The molecule has 4 nitrogen and oxygen atoms in total. The Labute approximate surface area is 277 Å². The van der Waals surface area contributed by atoms with Crippen LogP contribution in [-0.2, 0) is 0 Å². The minimum absolute atomic E-state index is 0.573. The first kappa shape index (κ1) is 27.4. The predicted molar refractivity (Wildman–Crippen MR) is 195 cm³/mol. The van der Waals surface area contributed by atoms with Crippen molar-refractivity contribution in [1.82, 2.24) is 9.13 Å². The van der Waals surface area contributed by atoms with E-state index in [1.54, 1.807) is 0 Å². The molecule has 0 unspecified atom stereocenters. The van der Waals surface area contributed by atoms with Crippen molar-refractivity contribution in [2.24, 2.45) is 0 Å². The highest BCUT2D eigenvalue weighted by Gasteiger charge is 2.20. The molecule has 0 aliphatic rings. The smallest absolute Gasteiger partial charge is 0.101 e. The summed E-state index contributed by atoms with van der Waals surface area (Å²) in [7, 11) is 0. The maximum atomic E-state index is 10.2. The van der Waals surface area contributed by atoms with E-state index in [9.17, 15) is 10.5 Å². The molecule has 0 saturated carbocycles. The van der Waals surface area contributed by atoms with Crippen LogP contribution in [0.5, 0.6) is 0 Å². The average Bonchev–Trinajstić information content (AvgIpc) is 3.68. The Bertz CT molecular complexity index is 2760. The van der Waals surface area contributed by atoms with Gasteiger partial charge in [0.05, 0.1) is 45.0 Å². The van der Waals surface area contributed by atoms with E-state index >= 15 is 0 Å². The summed E-state index contributed by atoms with van der Waals surface area (Å²) in [6, 6.07) is 58.9. The average molecular weight is 611 g/mol. The van der Waals surface area contributed by atoms with Gasteiger partial charge in [-0.2, -0.15) is 10.5 Å². The number of para-hydroxylation sites is 4. The van der Waals surface area contributed by atoms with Crippen LogP contribution >= 0.6 is 0 Å². The second-order valence-electron chi connectivity index (χ2n) is 12.0. The Hall–Kier alpha value is -6.88. The molecule has 0 saturated heterocycles. The SMILES string of the molecule is N#Cc1ccc(-n2c3ccccc3c3cccc(C#N)c32)c(-c2ccccc2-c2cccc(-n3c4ccccc4c4ccccc43)c2)c1. The largest absolute Gasteiger partial charge is 0.309 e. The van der Waals surface area contributed by atoms with Crippen molar-refractivity contribution < 1.29 is 0 Å². The fourth-order valence-electron chi connectivity index (χ4n) is 7.36. The summed E-state index contributed by atoms with van der Waals surface area (Å²) in [5.74, 6) is 0. The van der Waals surface area contributed by atoms with E-state index in [2.05, 4.69) is 130 Å². The highest BCUT2D eigenvalue weighted by atomic mass is 15.0.